The van der Waals surface area contributed by atoms with Gasteiger partial charge in [-0.15, -0.1) is 0 Å². The van der Waals surface area contributed by atoms with Gasteiger partial charge in [-0.2, -0.15) is 0 Å². The first kappa shape index (κ1) is 6.67. The summed E-state index contributed by atoms with van der Waals surface area (Å²) in [7, 11) is 0. The third-order valence-electron chi connectivity index (χ3n) is 3.27. The van der Waals surface area contributed by atoms with Crippen molar-refractivity contribution in [2.45, 2.75) is 30.8 Å². The van der Waals surface area contributed by atoms with Gasteiger partial charge in [0.15, 0.2) is 0 Å². The lowest BCUT2D eigenvalue weighted by Gasteiger charge is -2.34. The average Bonchev–Trinajstić information content (AvgIpc) is 2.72. The van der Waals surface area contributed by atoms with E-state index in [1.54, 1.807) is 0 Å². The highest BCUT2D eigenvalue weighted by Crippen LogP contribution is 2.53. The van der Waals surface area contributed by atoms with Crippen LogP contribution in [0.5, 0.6) is 0 Å². The van der Waals surface area contributed by atoms with E-state index in [0.29, 0.717) is 5.92 Å². The van der Waals surface area contributed by atoms with Crippen molar-refractivity contribution in [1.82, 2.24) is 0 Å². The normalized spacial score (nSPS) is 28.9. The van der Waals surface area contributed by atoms with Gasteiger partial charge in [-0.05, 0) is 30.4 Å². The molecule has 1 atom stereocenters. The van der Waals surface area contributed by atoms with Gasteiger partial charge in [0.05, 0.1) is 5.60 Å². The van der Waals surface area contributed by atoms with E-state index in [9.17, 15) is 5.11 Å². The van der Waals surface area contributed by atoms with Gasteiger partial charge in [0.2, 0.25) is 0 Å². The monoisotopic (exact) mass is 160 g/mol. The lowest BCUT2D eigenvalue weighted by atomic mass is 9.73. The fraction of sp³-hybridized carbons (Fsp3) is 0.455. The fourth-order valence-electron chi connectivity index (χ4n) is 2.21. The summed E-state index contributed by atoms with van der Waals surface area (Å²) in [6.45, 7) is 0. The Hall–Kier alpha value is -0.820. The maximum Gasteiger partial charge on any atom is 0.0721 e. The highest BCUT2D eigenvalue weighted by Gasteiger charge is 2.51. The second-order valence-electron chi connectivity index (χ2n) is 4.06. The maximum absolute atomic E-state index is 9.90. The molecule has 1 saturated carbocycles. The molecule has 0 amide bonds. The summed E-state index contributed by atoms with van der Waals surface area (Å²) in [5.41, 5.74) is 2.51. The summed E-state index contributed by atoms with van der Waals surface area (Å²) < 4.78 is 0. The van der Waals surface area contributed by atoms with Crippen LogP contribution in [0, 0.1) is 0 Å². The highest BCUT2D eigenvalue weighted by molar-refractivity contribution is 5.43. The SMILES string of the molecule is OC1(C2Cc3ccccc32)CC1. The number of fused-ring (bicyclic) bond motifs is 1. The highest BCUT2D eigenvalue weighted by atomic mass is 16.3. The van der Waals surface area contributed by atoms with Gasteiger partial charge >= 0.3 is 0 Å². The first-order valence-corrected chi connectivity index (χ1v) is 4.60. The molecule has 0 aliphatic heterocycles. The van der Waals surface area contributed by atoms with Crippen LogP contribution >= 0.6 is 0 Å². The molecule has 0 spiro atoms. The summed E-state index contributed by atoms with van der Waals surface area (Å²) in [5, 5.41) is 9.90. The summed E-state index contributed by atoms with van der Waals surface area (Å²) in [6.07, 6.45) is 3.10. The van der Waals surface area contributed by atoms with Crippen LogP contribution < -0.4 is 0 Å². The van der Waals surface area contributed by atoms with E-state index in [1.165, 1.54) is 11.1 Å². The average molecular weight is 160 g/mol. The second-order valence-corrected chi connectivity index (χ2v) is 4.06. The van der Waals surface area contributed by atoms with E-state index in [-0.39, 0.29) is 5.60 Å². The minimum absolute atomic E-state index is 0.311. The van der Waals surface area contributed by atoms with Crippen LogP contribution in [-0.2, 0) is 6.42 Å². The third-order valence-corrected chi connectivity index (χ3v) is 3.27. The molecule has 1 fully saturated rings. The minimum atomic E-state index is -0.311. The summed E-state index contributed by atoms with van der Waals surface area (Å²) >= 11 is 0. The zero-order chi connectivity index (χ0) is 8.18. The topological polar surface area (TPSA) is 20.2 Å². The molecule has 1 aromatic carbocycles. The van der Waals surface area contributed by atoms with Crippen LogP contribution in [0.15, 0.2) is 24.3 Å². The van der Waals surface area contributed by atoms with Gasteiger partial charge in [0, 0.05) is 5.92 Å². The second kappa shape index (κ2) is 1.91. The Morgan fingerprint density at radius 3 is 2.67 bits per heavy atom. The first-order valence-electron chi connectivity index (χ1n) is 4.60. The Morgan fingerprint density at radius 2 is 2.00 bits per heavy atom. The van der Waals surface area contributed by atoms with E-state index in [1.807, 2.05) is 0 Å². The molecular formula is C11H12O. The zero-order valence-corrected chi connectivity index (χ0v) is 6.96. The number of rotatable bonds is 1. The number of aliphatic hydroxyl groups is 1. The van der Waals surface area contributed by atoms with Crippen molar-refractivity contribution in [2.75, 3.05) is 0 Å². The molecule has 1 nitrogen and oxygen atoms in total. The molecule has 1 heteroatoms. The van der Waals surface area contributed by atoms with Crippen molar-refractivity contribution in [3.63, 3.8) is 0 Å². The Kier molecular flexibility index (Phi) is 1.06. The number of benzene rings is 1. The van der Waals surface area contributed by atoms with Gasteiger partial charge in [-0.1, -0.05) is 24.3 Å². The first-order chi connectivity index (χ1) is 5.80. The Morgan fingerprint density at radius 1 is 1.25 bits per heavy atom. The Bertz CT molecular complexity index is 326. The quantitative estimate of drug-likeness (QED) is 0.664. The van der Waals surface area contributed by atoms with E-state index in [4.69, 9.17) is 0 Å². The van der Waals surface area contributed by atoms with Gasteiger partial charge in [-0.3, -0.25) is 0 Å². The van der Waals surface area contributed by atoms with E-state index in [2.05, 4.69) is 24.3 Å². The molecular weight excluding hydrogens is 148 g/mol. The predicted molar refractivity (Wildman–Crippen MR) is 47.1 cm³/mol. The lowest BCUT2D eigenvalue weighted by Crippen LogP contribution is -2.30. The van der Waals surface area contributed by atoms with Crippen LogP contribution in [0.1, 0.15) is 29.9 Å². The summed E-state index contributed by atoms with van der Waals surface area (Å²) in [6, 6.07) is 8.46. The lowest BCUT2D eigenvalue weighted by molar-refractivity contribution is 0.108. The zero-order valence-electron chi connectivity index (χ0n) is 6.96. The standard InChI is InChI=1S/C11H12O/c12-11(5-6-11)10-7-8-3-1-2-4-9(8)10/h1-4,10,12H,5-7H2. The Balaban J connectivity index is 1.98. The smallest absolute Gasteiger partial charge is 0.0721 e. The number of hydrogen-bond donors (Lipinski definition) is 1. The molecule has 0 bridgehead atoms. The molecule has 1 unspecified atom stereocenters. The maximum atomic E-state index is 9.90. The number of hydrogen-bond acceptors (Lipinski definition) is 1. The predicted octanol–water partition coefficient (Wildman–Crippen LogP) is 1.85. The molecule has 12 heavy (non-hydrogen) atoms. The van der Waals surface area contributed by atoms with Gasteiger partial charge in [0.1, 0.15) is 0 Å². The fourth-order valence-corrected chi connectivity index (χ4v) is 2.21. The molecule has 3 rings (SSSR count). The molecule has 62 valence electrons. The van der Waals surface area contributed by atoms with Crippen molar-refractivity contribution in [1.29, 1.82) is 0 Å². The van der Waals surface area contributed by atoms with Crippen LogP contribution in [-0.4, -0.2) is 10.7 Å². The van der Waals surface area contributed by atoms with Crippen LogP contribution in [0.4, 0.5) is 0 Å². The molecule has 0 radical (unpaired) electrons. The summed E-state index contributed by atoms with van der Waals surface area (Å²) in [5.74, 6) is 0.452. The van der Waals surface area contributed by atoms with Gasteiger partial charge in [0.25, 0.3) is 0 Å². The van der Waals surface area contributed by atoms with Crippen LogP contribution in [0.25, 0.3) is 0 Å². The molecule has 1 N–H and O–H groups in total. The van der Waals surface area contributed by atoms with Gasteiger partial charge in [-0.25, -0.2) is 0 Å². The van der Waals surface area contributed by atoms with Gasteiger partial charge < -0.3 is 5.11 Å². The minimum Gasteiger partial charge on any atom is -0.389 e. The van der Waals surface area contributed by atoms with E-state index in [0.717, 1.165) is 19.3 Å². The van der Waals surface area contributed by atoms with Crippen molar-refractivity contribution in [3.05, 3.63) is 35.4 Å². The van der Waals surface area contributed by atoms with E-state index < -0.39 is 0 Å². The molecule has 2 aliphatic rings. The molecule has 2 aliphatic carbocycles. The van der Waals surface area contributed by atoms with Crippen molar-refractivity contribution >= 4 is 0 Å². The van der Waals surface area contributed by atoms with Crippen molar-refractivity contribution in [3.8, 4) is 0 Å². The molecule has 0 aromatic heterocycles. The third kappa shape index (κ3) is 0.721. The molecule has 1 aromatic rings. The largest absolute Gasteiger partial charge is 0.389 e. The summed E-state index contributed by atoms with van der Waals surface area (Å²) in [4.78, 5) is 0. The van der Waals surface area contributed by atoms with E-state index >= 15 is 0 Å². The Labute approximate surface area is 72.0 Å². The van der Waals surface area contributed by atoms with Crippen molar-refractivity contribution in [2.24, 2.45) is 0 Å². The molecule has 0 heterocycles. The van der Waals surface area contributed by atoms with Crippen LogP contribution in [0.2, 0.25) is 0 Å². The van der Waals surface area contributed by atoms with Crippen molar-refractivity contribution < 1.29 is 5.11 Å². The molecule has 0 saturated heterocycles. The van der Waals surface area contributed by atoms with Crippen LogP contribution in [0.3, 0.4) is 0 Å².